The molecule has 0 aliphatic carbocycles. The van der Waals surface area contributed by atoms with Gasteiger partial charge in [-0.25, -0.2) is 0 Å². The predicted molar refractivity (Wildman–Crippen MR) is 71.0 cm³/mol. The maximum absolute atomic E-state index is 12.3. The van der Waals surface area contributed by atoms with Crippen LogP contribution in [0.4, 0.5) is 0 Å². The van der Waals surface area contributed by atoms with Crippen LogP contribution >= 0.6 is 23.2 Å². The molecule has 2 rings (SSSR count). The number of carbonyl (C=O) groups is 2. The van der Waals surface area contributed by atoms with Crippen LogP contribution in [0, 0.1) is 5.92 Å². The van der Waals surface area contributed by atoms with Gasteiger partial charge < -0.3 is 9.47 Å². The third kappa shape index (κ3) is 2.85. The Hall–Kier alpha value is -1.26. The second-order valence-electron chi connectivity index (χ2n) is 4.07. The standard InChI is InChI=1S/C13H12Cl2O4/c1-2-18-13(17)7-3-4-19-11-6-10(15)9(14)5-8(11)12(7)16/h5-7H,2-4H2,1H3. The van der Waals surface area contributed by atoms with Gasteiger partial charge in [0.1, 0.15) is 11.7 Å². The smallest absolute Gasteiger partial charge is 0.316 e. The van der Waals surface area contributed by atoms with Crippen molar-refractivity contribution in [1.82, 2.24) is 0 Å². The highest BCUT2D eigenvalue weighted by Crippen LogP contribution is 2.34. The minimum absolute atomic E-state index is 0.234. The second-order valence-corrected chi connectivity index (χ2v) is 4.88. The van der Waals surface area contributed by atoms with Gasteiger partial charge in [0, 0.05) is 12.5 Å². The summed E-state index contributed by atoms with van der Waals surface area (Å²) in [6.45, 7) is 2.18. The molecule has 1 aromatic rings. The Balaban J connectivity index is 2.38. The summed E-state index contributed by atoms with van der Waals surface area (Å²) in [6, 6.07) is 2.92. The number of carbonyl (C=O) groups excluding carboxylic acids is 2. The molecular formula is C13H12Cl2O4. The van der Waals surface area contributed by atoms with Crippen LogP contribution in [-0.4, -0.2) is 25.0 Å². The SMILES string of the molecule is CCOC(=O)C1CCOc2cc(Cl)c(Cl)cc2C1=O. The number of esters is 1. The van der Waals surface area contributed by atoms with E-state index in [-0.39, 0.29) is 36.0 Å². The third-order valence-electron chi connectivity index (χ3n) is 2.84. The van der Waals surface area contributed by atoms with Crippen LogP contribution in [0.3, 0.4) is 0 Å². The topological polar surface area (TPSA) is 52.6 Å². The molecule has 4 nitrogen and oxygen atoms in total. The summed E-state index contributed by atoms with van der Waals surface area (Å²) >= 11 is 11.8. The molecule has 1 atom stereocenters. The summed E-state index contributed by atoms with van der Waals surface area (Å²) in [5.41, 5.74) is 0.268. The number of hydrogen-bond donors (Lipinski definition) is 0. The number of benzene rings is 1. The molecule has 0 fully saturated rings. The number of hydrogen-bond acceptors (Lipinski definition) is 4. The molecule has 1 aromatic carbocycles. The van der Waals surface area contributed by atoms with Crippen molar-refractivity contribution in [3.8, 4) is 5.75 Å². The molecule has 19 heavy (non-hydrogen) atoms. The van der Waals surface area contributed by atoms with Crippen LogP contribution in [0.2, 0.25) is 10.0 Å². The molecule has 0 bridgehead atoms. The fourth-order valence-corrected chi connectivity index (χ4v) is 2.23. The van der Waals surface area contributed by atoms with Crippen LogP contribution in [0.5, 0.6) is 5.75 Å². The van der Waals surface area contributed by atoms with Crippen LogP contribution < -0.4 is 4.74 Å². The number of Topliss-reactive ketones (excluding diaryl/α,β-unsaturated/α-hetero) is 1. The van der Waals surface area contributed by atoms with Crippen molar-refractivity contribution in [3.05, 3.63) is 27.7 Å². The Kier molecular flexibility index (Phi) is 4.32. The van der Waals surface area contributed by atoms with Crippen LogP contribution in [0.15, 0.2) is 12.1 Å². The first-order valence-corrected chi connectivity index (χ1v) is 6.63. The summed E-state index contributed by atoms with van der Waals surface area (Å²) in [6.07, 6.45) is 0.279. The highest BCUT2D eigenvalue weighted by atomic mass is 35.5. The summed E-state index contributed by atoms with van der Waals surface area (Å²) < 4.78 is 10.3. The van der Waals surface area contributed by atoms with Gasteiger partial charge in [0.15, 0.2) is 5.78 Å². The molecule has 1 aliphatic rings. The van der Waals surface area contributed by atoms with E-state index in [1.165, 1.54) is 12.1 Å². The normalized spacial score (nSPS) is 18.3. The Labute approximate surface area is 120 Å². The zero-order chi connectivity index (χ0) is 14.0. The Bertz CT molecular complexity index is 528. The first-order valence-electron chi connectivity index (χ1n) is 5.87. The Morgan fingerprint density at radius 2 is 2.11 bits per heavy atom. The third-order valence-corrected chi connectivity index (χ3v) is 3.56. The van der Waals surface area contributed by atoms with E-state index in [0.29, 0.717) is 10.8 Å². The molecule has 0 amide bonds. The van der Waals surface area contributed by atoms with E-state index in [4.69, 9.17) is 32.7 Å². The van der Waals surface area contributed by atoms with Crippen molar-refractivity contribution in [2.75, 3.05) is 13.2 Å². The summed E-state index contributed by atoms with van der Waals surface area (Å²) in [5, 5.41) is 0.560. The largest absolute Gasteiger partial charge is 0.493 e. The van der Waals surface area contributed by atoms with Gasteiger partial charge in [-0.05, 0) is 13.0 Å². The van der Waals surface area contributed by atoms with Crippen molar-refractivity contribution < 1.29 is 19.1 Å². The number of fused-ring (bicyclic) bond motifs is 1. The molecule has 0 saturated carbocycles. The summed E-state index contributed by atoms with van der Waals surface area (Å²) in [5.74, 6) is -1.37. The summed E-state index contributed by atoms with van der Waals surface area (Å²) in [7, 11) is 0. The molecule has 1 unspecified atom stereocenters. The van der Waals surface area contributed by atoms with Gasteiger partial charge in [0.05, 0.1) is 28.8 Å². The molecule has 0 spiro atoms. The van der Waals surface area contributed by atoms with Crippen LogP contribution in [0.1, 0.15) is 23.7 Å². The van der Waals surface area contributed by atoms with Gasteiger partial charge in [-0.1, -0.05) is 23.2 Å². The van der Waals surface area contributed by atoms with Gasteiger partial charge in [-0.15, -0.1) is 0 Å². The average molecular weight is 303 g/mol. The quantitative estimate of drug-likeness (QED) is 0.622. The minimum atomic E-state index is -0.849. The predicted octanol–water partition coefficient (Wildman–Crippen LogP) is 3.14. The van der Waals surface area contributed by atoms with Crippen molar-refractivity contribution in [2.24, 2.45) is 5.92 Å². The molecule has 0 radical (unpaired) electrons. The lowest BCUT2D eigenvalue weighted by Gasteiger charge is -2.11. The van der Waals surface area contributed by atoms with Crippen LogP contribution in [0.25, 0.3) is 0 Å². The zero-order valence-electron chi connectivity index (χ0n) is 10.2. The van der Waals surface area contributed by atoms with Crippen LogP contribution in [-0.2, 0) is 9.53 Å². The van der Waals surface area contributed by atoms with Gasteiger partial charge in [0.2, 0.25) is 0 Å². The highest BCUT2D eigenvalue weighted by molar-refractivity contribution is 6.42. The average Bonchev–Trinajstić information content (AvgIpc) is 2.51. The van der Waals surface area contributed by atoms with E-state index in [0.717, 1.165) is 0 Å². The van der Waals surface area contributed by atoms with Crippen molar-refractivity contribution in [3.63, 3.8) is 0 Å². The molecule has 0 saturated heterocycles. The lowest BCUT2D eigenvalue weighted by atomic mass is 9.95. The maximum atomic E-state index is 12.3. The Morgan fingerprint density at radius 1 is 1.42 bits per heavy atom. The van der Waals surface area contributed by atoms with Crippen molar-refractivity contribution in [2.45, 2.75) is 13.3 Å². The fourth-order valence-electron chi connectivity index (χ4n) is 1.91. The monoisotopic (exact) mass is 302 g/mol. The van der Waals surface area contributed by atoms with Crippen molar-refractivity contribution >= 4 is 35.0 Å². The molecule has 0 N–H and O–H groups in total. The van der Waals surface area contributed by atoms with E-state index in [1.54, 1.807) is 6.92 Å². The number of ether oxygens (including phenoxy) is 2. The second kappa shape index (κ2) is 5.80. The van der Waals surface area contributed by atoms with Gasteiger partial charge in [0.25, 0.3) is 0 Å². The maximum Gasteiger partial charge on any atom is 0.316 e. The molecule has 0 aromatic heterocycles. The van der Waals surface area contributed by atoms with E-state index >= 15 is 0 Å². The fraction of sp³-hybridized carbons (Fsp3) is 0.385. The molecule has 102 valence electrons. The van der Waals surface area contributed by atoms with E-state index in [9.17, 15) is 9.59 Å². The number of rotatable bonds is 2. The molecule has 6 heteroatoms. The van der Waals surface area contributed by atoms with E-state index < -0.39 is 11.9 Å². The molecular weight excluding hydrogens is 291 g/mol. The van der Waals surface area contributed by atoms with Gasteiger partial charge >= 0.3 is 5.97 Å². The molecule has 1 aliphatic heterocycles. The molecule has 1 heterocycles. The minimum Gasteiger partial charge on any atom is -0.493 e. The zero-order valence-corrected chi connectivity index (χ0v) is 11.8. The highest BCUT2D eigenvalue weighted by Gasteiger charge is 2.33. The van der Waals surface area contributed by atoms with Gasteiger partial charge in [-0.2, -0.15) is 0 Å². The number of halogens is 2. The Morgan fingerprint density at radius 3 is 2.79 bits per heavy atom. The van der Waals surface area contributed by atoms with Gasteiger partial charge in [-0.3, -0.25) is 9.59 Å². The van der Waals surface area contributed by atoms with Crippen molar-refractivity contribution in [1.29, 1.82) is 0 Å². The first kappa shape index (κ1) is 14.2. The number of ketones is 1. The van der Waals surface area contributed by atoms with E-state index in [1.807, 2.05) is 0 Å². The summed E-state index contributed by atoms with van der Waals surface area (Å²) in [4.78, 5) is 24.1. The van der Waals surface area contributed by atoms with E-state index in [2.05, 4.69) is 0 Å². The lowest BCUT2D eigenvalue weighted by Crippen LogP contribution is -2.26. The first-order chi connectivity index (χ1) is 9.04. The lowest BCUT2D eigenvalue weighted by molar-refractivity contribution is -0.146.